The molecule has 1 aromatic carbocycles. The Morgan fingerprint density at radius 3 is 2.81 bits per heavy atom. The molecular formula is C15H21N. The maximum Gasteiger partial charge on any atom is 0.0136 e. The van der Waals surface area contributed by atoms with E-state index < -0.39 is 0 Å². The Kier molecular flexibility index (Phi) is 2.96. The average molecular weight is 215 g/mol. The van der Waals surface area contributed by atoms with Crippen molar-refractivity contribution in [2.24, 2.45) is 0 Å². The van der Waals surface area contributed by atoms with Crippen molar-refractivity contribution in [1.82, 2.24) is 5.32 Å². The topological polar surface area (TPSA) is 12.0 Å². The van der Waals surface area contributed by atoms with Crippen LogP contribution in [0.4, 0.5) is 0 Å². The van der Waals surface area contributed by atoms with Crippen LogP contribution in [0.3, 0.4) is 0 Å². The molecule has 1 aliphatic carbocycles. The Balaban J connectivity index is 1.86. The summed E-state index contributed by atoms with van der Waals surface area (Å²) < 4.78 is 0. The number of aryl methyl sites for hydroxylation is 1. The van der Waals surface area contributed by atoms with Gasteiger partial charge < -0.3 is 5.32 Å². The van der Waals surface area contributed by atoms with Crippen LogP contribution < -0.4 is 5.32 Å². The predicted octanol–water partition coefficient (Wildman–Crippen LogP) is 3.25. The molecule has 0 saturated carbocycles. The zero-order valence-electron chi connectivity index (χ0n) is 9.91. The summed E-state index contributed by atoms with van der Waals surface area (Å²) in [5, 5.41) is 3.73. The van der Waals surface area contributed by atoms with Gasteiger partial charge in [-0.2, -0.15) is 0 Å². The largest absolute Gasteiger partial charge is 0.313 e. The van der Waals surface area contributed by atoms with E-state index in [0.29, 0.717) is 0 Å². The van der Waals surface area contributed by atoms with Crippen molar-refractivity contribution >= 4 is 0 Å². The lowest BCUT2D eigenvalue weighted by molar-refractivity contribution is 0.327. The first-order valence-electron chi connectivity index (χ1n) is 6.76. The van der Waals surface area contributed by atoms with Gasteiger partial charge in [-0.25, -0.2) is 0 Å². The summed E-state index contributed by atoms with van der Waals surface area (Å²) in [6, 6.07) is 9.82. The molecule has 1 aliphatic heterocycles. The van der Waals surface area contributed by atoms with E-state index in [1.807, 2.05) is 0 Å². The molecule has 1 nitrogen and oxygen atoms in total. The van der Waals surface area contributed by atoms with E-state index in [9.17, 15) is 0 Å². The van der Waals surface area contributed by atoms with Crippen LogP contribution in [0.2, 0.25) is 0 Å². The summed E-state index contributed by atoms with van der Waals surface area (Å²) >= 11 is 0. The highest BCUT2D eigenvalue weighted by Crippen LogP contribution is 2.36. The standard InChI is InChI=1S/C15H21N/c1-2-8-13-12(6-1)7-5-9-14(13)15-10-3-4-11-16-15/h1-2,6,8,14-16H,3-5,7,9-11H2/t14-,15-/m0/s1. The molecule has 2 aliphatic rings. The summed E-state index contributed by atoms with van der Waals surface area (Å²) in [5.41, 5.74) is 3.24. The van der Waals surface area contributed by atoms with Gasteiger partial charge in [-0.1, -0.05) is 30.7 Å². The zero-order valence-corrected chi connectivity index (χ0v) is 9.91. The smallest absolute Gasteiger partial charge is 0.0136 e. The van der Waals surface area contributed by atoms with Gasteiger partial charge in [0.05, 0.1) is 0 Å². The minimum absolute atomic E-state index is 0.746. The number of rotatable bonds is 1. The third kappa shape index (κ3) is 1.89. The summed E-state index contributed by atoms with van der Waals surface area (Å²) in [4.78, 5) is 0. The lowest BCUT2D eigenvalue weighted by atomic mass is 9.76. The van der Waals surface area contributed by atoms with E-state index in [2.05, 4.69) is 29.6 Å². The van der Waals surface area contributed by atoms with Crippen molar-refractivity contribution in [3.05, 3.63) is 35.4 Å². The molecule has 1 heterocycles. The highest BCUT2D eigenvalue weighted by molar-refractivity contribution is 5.33. The average Bonchev–Trinajstić information content (AvgIpc) is 2.39. The summed E-state index contributed by atoms with van der Waals surface area (Å²) in [7, 11) is 0. The fraction of sp³-hybridized carbons (Fsp3) is 0.600. The van der Waals surface area contributed by atoms with Crippen LogP contribution in [-0.2, 0) is 6.42 Å². The van der Waals surface area contributed by atoms with Crippen LogP contribution in [0.1, 0.15) is 49.1 Å². The van der Waals surface area contributed by atoms with Gasteiger partial charge in [0.2, 0.25) is 0 Å². The van der Waals surface area contributed by atoms with Gasteiger partial charge in [-0.15, -0.1) is 0 Å². The van der Waals surface area contributed by atoms with Gasteiger partial charge in [0.1, 0.15) is 0 Å². The molecular weight excluding hydrogens is 194 g/mol. The number of piperidine rings is 1. The number of hydrogen-bond acceptors (Lipinski definition) is 1. The fourth-order valence-electron chi connectivity index (χ4n) is 3.43. The fourth-order valence-corrected chi connectivity index (χ4v) is 3.43. The first kappa shape index (κ1) is 10.3. The van der Waals surface area contributed by atoms with Gasteiger partial charge >= 0.3 is 0 Å². The molecule has 0 spiro atoms. The van der Waals surface area contributed by atoms with E-state index in [-0.39, 0.29) is 0 Å². The number of nitrogens with one attached hydrogen (secondary N) is 1. The van der Waals surface area contributed by atoms with E-state index >= 15 is 0 Å². The lowest BCUT2D eigenvalue weighted by Crippen LogP contribution is -2.39. The normalized spacial score (nSPS) is 29.8. The molecule has 0 aromatic heterocycles. The first-order chi connectivity index (χ1) is 7.95. The first-order valence-corrected chi connectivity index (χ1v) is 6.76. The molecule has 1 saturated heterocycles. The quantitative estimate of drug-likeness (QED) is 0.758. The molecule has 0 unspecified atom stereocenters. The van der Waals surface area contributed by atoms with E-state index in [1.165, 1.54) is 45.1 Å². The van der Waals surface area contributed by atoms with Gasteiger partial charge in [0.15, 0.2) is 0 Å². The van der Waals surface area contributed by atoms with E-state index in [0.717, 1.165) is 12.0 Å². The third-order valence-electron chi connectivity index (χ3n) is 4.25. The molecule has 3 rings (SSSR count). The van der Waals surface area contributed by atoms with Gasteiger partial charge in [-0.05, 0) is 55.7 Å². The van der Waals surface area contributed by atoms with Crippen molar-refractivity contribution < 1.29 is 0 Å². The highest BCUT2D eigenvalue weighted by Gasteiger charge is 2.28. The van der Waals surface area contributed by atoms with Crippen molar-refractivity contribution in [1.29, 1.82) is 0 Å². The van der Waals surface area contributed by atoms with Crippen LogP contribution in [-0.4, -0.2) is 12.6 Å². The van der Waals surface area contributed by atoms with Crippen molar-refractivity contribution in [3.8, 4) is 0 Å². The third-order valence-corrected chi connectivity index (χ3v) is 4.25. The number of hydrogen-bond donors (Lipinski definition) is 1. The van der Waals surface area contributed by atoms with Crippen molar-refractivity contribution in [2.75, 3.05) is 6.54 Å². The molecule has 2 atom stereocenters. The second-order valence-corrected chi connectivity index (χ2v) is 5.25. The summed E-state index contributed by atoms with van der Waals surface area (Å²) in [6.07, 6.45) is 8.20. The molecule has 1 aromatic rings. The Bertz CT molecular complexity index is 352. The van der Waals surface area contributed by atoms with E-state index in [4.69, 9.17) is 0 Å². The lowest BCUT2D eigenvalue weighted by Gasteiger charge is -2.35. The van der Waals surface area contributed by atoms with Gasteiger partial charge in [0.25, 0.3) is 0 Å². The minimum Gasteiger partial charge on any atom is -0.313 e. The SMILES string of the molecule is c1ccc2c(c1)CCC[C@@H]2[C@@H]1CCCCN1. The van der Waals surface area contributed by atoms with E-state index in [1.54, 1.807) is 11.1 Å². The van der Waals surface area contributed by atoms with Crippen LogP contribution in [0, 0.1) is 0 Å². The molecule has 16 heavy (non-hydrogen) atoms. The van der Waals surface area contributed by atoms with Crippen LogP contribution in [0.15, 0.2) is 24.3 Å². The molecule has 0 radical (unpaired) electrons. The molecule has 1 fully saturated rings. The molecule has 0 amide bonds. The zero-order chi connectivity index (χ0) is 10.8. The van der Waals surface area contributed by atoms with Gasteiger partial charge in [-0.3, -0.25) is 0 Å². The van der Waals surface area contributed by atoms with Crippen molar-refractivity contribution in [3.63, 3.8) is 0 Å². The second kappa shape index (κ2) is 4.58. The highest BCUT2D eigenvalue weighted by atomic mass is 14.9. The number of fused-ring (bicyclic) bond motifs is 1. The maximum atomic E-state index is 3.73. The number of benzene rings is 1. The predicted molar refractivity (Wildman–Crippen MR) is 67.8 cm³/mol. The molecule has 1 N–H and O–H groups in total. The molecule has 1 heteroatoms. The Morgan fingerprint density at radius 1 is 1.00 bits per heavy atom. The van der Waals surface area contributed by atoms with Crippen LogP contribution in [0.25, 0.3) is 0 Å². The van der Waals surface area contributed by atoms with Gasteiger partial charge in [0, 0.05) is 6.04 Å². The van der Waals surface area contributed by atoms with Crippen molar-refractivity contribution in [2.45, 2.75) is 50.5 Å². The monoisotopic (exact) mass is 215 g/mol. The summed E-state index contributed by atoms with van der Waals surface area (Å²) in [5.74, 6) is 0.783. The second-order valence-electron chi connectivity index (χ2n) is 5.25. The Hall–Kier alpha value is -0.820. The molecule has 0 bridgehead atoms. The maximum absolute atomic E-state index is 3.73. The van der Waals surface area contributed by atoms with Crippen LogP contribution >= 0.6 is 0 Å². The Morgan fingerprint density at radius 2 is 1.94 bits per heavy atom. The summed E-state index contributed by atoms with van der Waals surface area (Å²) in [6.45, 7) is 1.23. The molecule has 86 valence electrons. The minimum atomic E-state index is 0.746. The van der Waals surface area contributed by atoms with Crippen LogP contribution in [0.5, 0.6) is 0 Å². The Labute approximate surface area is 98.3 Å².